The molecule has 11 nitrogen and oxygen atoms in total. The fraction of sp³-hybridized carbons (Fsp3) is 0.605. The number of nitrogens with one attached hydrogen (secondary N) is 1. The zero-order valence-corrected chi connectivity index (χ0v) is 28.8. The number of carbonyl (C=O) groups excluding carboxylic acids is 3. The van der Waals surface area contributed by atoms with Crippen LogP contribution in [-0.2, 0) is 28.8 Å². The Labute approximate surface area is 292 Å². The molecule has 11 heteroatoms. The molecule has 268 valence electrons. The number of piperidine rings is 2. The first-order chi connectivity index (χ1) is 23.2. The van der Waals surface area contributed by atoms with E-state index in [4.69, 9.17) is 4.74 Å². The molecule has 2 N–H and O–H groups in total. The van der Waals surface area contributed by atoms with Crippen molar-refractivity contribution in [2.75, 3.05) is 71.3 Å². The topological polar surface area (TPSA) is 109 Å². The number of fused-ring (bicyclic) bond motifs is 1. The Bertz CT molecular complexity index is 1460. The quantitative estimate of drug-likeness (QED) is 0.436. The Morgan fingerprint density at radius 2 is 1.57 bits per heavy atom. The normalized spacial score (nSPS) is 20.6. The Morgan fingerprint density at radius 3 is 2.27 bits per heavy atom. The number of aromatic hydroxyl groups is 1. The number of piperazine rings is 1. The van der Waals surface area contributed by atoms with E-state index in [0.29, 0.717) is 58.0 Å². The average Bonchev–Trinajstić information content (AvgIpc) is 3.27. The second-order valence-corrected chi connectivity index (χ2v) is 14.0. The fourth-order valence-corrected chi connectivity index (χ4v) is 7.85. The second-order valence-electron chi connectivity index (χ2n) is 14.0. The van der Waals surface area contributed by atoms with Gasteiger partial charge in [-0.05, 0) is 80.8 Å². The number of amides is 4. The standard InChI is InChI=1S/C37H52N6O5.CH4/c1-4-28-24-27(23-26(2)34(28)44)25-33(35(45)41-14-10-30(11-15-41)40-21-19-39(3)20-22-40)48-37(47)42-16-12-31(13-17-42)43-18-9-29-7-5-6-8-32(29)38-36(43)46;/h5-8,23-24,30-31,33,44H,4,9-22,25H2,1-3H3,(H,38,46);1H4/t33-;/m1./s1. The zero-order valence-electron chi connectivity index (χ0n) is 28.8. The number of likely N-dealkylation sites (N-methyl/N-ethyl adjacent to an activating group) is 1. The van der Waals surface area contributed by atoms with Gasteiger partial charge in [0.15, 0.2) is 6.10 Å². The second kappa shape index (κ2) is 16.3. The number of urea groups is 1. The lowest BCUT2D eigenvalue weighted by molar-refractivity contribution is -0.142. The molecule has 0 radical (unpaired) electrons. The van der Waals surface area contributed by atoms with E-state index in [9.17, 15) is 19.5 Å². The van der Waals surface area contributed by atoms with Crippen LogP contribution in [0.3, 0.4) is 0 Å². The lowest BCUT2D eigenvalue weighted by atomic mass is 9.97. The van der Waals surface area contributed by atoms with Crippen molar-refractivity contribution in [3.63, 3.8) is 0 Å². The summed E-state index contributed by atoms with van der Waals surface area (Å²) in [5, 5.41) is 13.6. The van der Waals surface area contributed by atoms with E-state index in [-0.39, 0.29) is 37.6 Å². The van der Waals surface area contributed by atoms with Crippen molar-refractivity contribution in [2.24, 2.45) is 0 Å². The molecule has 4 aliphatic heterocycles. The first kappa shape index (κ1) is 36.5. The van der Waals surface area contributed by atoms with Crippen molar-refractivity contribution in [1.82, 2.24) is 24.5 Å². The van der Waals surface area contributed by atoms with Gasteiger partial charge in [-0.3, -0.25) is 9.69 Å². The highest BCUT2D eigenvalue weighted by molar-refractivity contribution is 5.91. The van der Waals surface area contributed by atoms with Crippen molar-refractivity contribution in [3.8, 4) is 5.75 Å². The number of rotatable bonds is 7. The molecule has 2 aromatic carbocycles. The third-order valence-corrected chi connectivity index (χ3v) is 10.9. The predicted molar refractivity (Wildman–Crippen MR) is 192 cm³/mol. The van der Waals surface area contributed by atoms with Gasteiger partial charge in [-0.2, -0.15) is 0 Å². The fourth-order valence-electron chi connectivity index (χ4n) is 7.85. The molecule has 6 rings (SSSR count). The van der Waals surface area contributed by atoms with Gasteiger partial charge in [0.2, 0.25) is 0 Å². The number of benzene rings is 2. The van der Waals surface area contributed by atoms with Crippen LogP contribution in [-0.4, -0.2) is 132 Å². The zero-order chi connectivity index (χ0) is 33.8. The number of nitrogens with zero attached hydrogens (tertiary/aromatic N) is 5. The largest absolute Gasteiger partial charge is 0.507 e. The highest BCUT2D eigenvalue weighted by atomic mass is 16.6. The van der Waals surface area contributed by atoms with E-state index in [1.807, 2.05) is 60.0 Å². The molecule has 2 aromatic rings. The third kappa shape index (κ3) is 8.49. The minimum Gasteiger partial charge on any atom is -0.507 e. The van der Waals surface area contributed by atoms with Crippen LogP contribution in [0.4, 0.5) is 15.3 Å². The average molecular weight is 677 g/mol. The van der Waals surface area contributed by atoms with Crippen molar-refractivity contribution in [1.29, 1.82) is 0 Å². The first-order valence-corrected chi connectivity index (χ1v) is 17.8. The maximum absolute atomic E-state index is 14.1. The molecule has 4 aliphatic rings. The summed E-state index contributed by atoms with van der Waals surface area (Å²) in [5.74, 6) is 0.122. The molecule has 0 spiro atoms. The lowest BCUT2D eigenvalue weighted by Gasteiger charge is -2.42. The molecule has 0 bridgehead atoms. The van der Waals surface area contributed by atoms with Gasteiger partial charge in [-0.25, -0.2) is 9.59 Å². The molecule has 3 saturated heterocycles. The smallest absolute Gasteiger partial charge is 0.410 e. The molecule has 3 fully saturated rings. The number of phenolic OH excluding ortho intramolecular Hbond substituents is 1. The summed E-state index contributed by atoms with van der Waals surface area (Å²) in [6.07, 6.45) is 3.37. The van der Waals surface area contributed by atoms with Gasteiger partial charge >= 0.3 is 12.1 Å². The summed E-state index contributed by atoms with van der Waals surface area (Å²) in [4.78, 5) is 51.2. The molecule has 4 amide bonds. The molecule has 0 unspecified atom stereocenters. The third-order valence-electron chi connectivity index (χ3n) is 10.9. The van der Waals surface area contributed by atoms with E-state index in [1.54, 1.807) is 4.90 Å². The molecule has 0 aromatic heterocycles. The molecule has 0 aliphatic carbocycles. The molecular weight excluding hydrogens is 620 g/mol. The van der Waals surface area contributed by atoms with E-state index in [1.165, 1.54) is 0 Å². The Morgan fingerprint density at radius 1 is 0.918 bits per heavy atom. The number of hydrogen-bond donors (Lipinski definition) is 2. The van der Waals surface area contributed by atoms with Crippen LogP contribution in [0.2, 0.25) is 0 Å². The minimum absolute atomic E-state index is 0. The lowest BCUT2D eigenvalue weighted by Crippen LogP contribution is -2.54. The number of carbonyl (C=O) groups is 3. The van der Waals surface area contributed by atoms with E-state index in [2.05, 4.69) is 22.2 Å². The summed E-state index contributed by atoms with van der Waals surface area (Å²) in [6.45, 7) is 10.9. The number of anilines is 1. The summed E-state index contributed by atoms with van der Waals surface area (Å²) < 4.78 is 6.10. The highest BCUT2D eigenvalue weighted by Gasteiger charge is 2.36. The SMILES string of the molecule is C.CCc1cc(C[C@@H](OC(=O)N2CCC(N3CCc4ccccc4NC3=O)CC2)C(=O)N2CCC(N3CCN(C)CC3)CC2)cc(C)c1O. The summed E-state index contributed by atoms with van der Waals surface area (Å²) in [7, 11) is 2.16. The summed E-state index contributed by atoms with van der Waals surface area (Å²) in [5.41, 5.74) is 4.42. The highest BCUT2D eigenvalue weighted by Crippen LogP contribution is 2.28. The van der Waals surface area contributed by atoms with Crippen molar-refractivity contribution in [3.05, 3.63) is 58.7 Å². The Balaban J connectivity index is 0.00000468. The van der Waals surface area contributed by atoms with Gasteiger partial charge in [-0.1, -0.05) is 44.7 Å². The van der Waals surface area contributed by atoms with Gasteiger partial charge in [0.1, 0.15) is 5.75 Å². The van der Waals surface area contributed by atoms with Gasteiger partial charge in [0.25, 0.3) is 5.91 Å². The molecule has 49 heavy (non-hydrogen) atoms. The molecule has 0 saturated carbocycles. The van der Waals surface area contributed by atoms with Crippen molar-refractivity contribution < 1.29 is 24.2 Å². The number of aryl methyl sites for hydroxylation is 2. The van der Waals surface area contributed by atoms with Gasteiger partial charge in [0, 0.05) is 83.1 Å². The monoisotopic (exact) mass is 676 g/mol. The van der Waals surface area contributed by atoms with Crippen LogP contribution in [0.15, 0.2) is 36.4 Å². The van der Waals surface area contributed by atoms with E-state index >= 15 is 0 Å². The Hall–Kier alpha value is -3.83. The van der Waals surface area contributed by atoms with Gasteiger partial charge in [0.05, 0.1) is 0 Å². The maximum Gasteiger partial charge on any atom is 0.410 e. The van der Waals surface area contributed by atoms with Gasteiger partial charge < -0.3 is 34.8 Å². The molecule has 1 atom stereocenters. The van der Waals surface area contributed by atoms with E-state index < -0.39 is 12.2 Å². The van der Waals surface area contributed by atoms with Crippen LogP contribution in [0, 0.1) is 6.92 Å². The number of ether oxygens (including phenoxy) is 1. The number of phenols is 1. The summed E-state index contributed by atoms with van der Waals surface area (Å²) in [6, 6.07) is 12.1. The van der Waals surface area contributed by atoms with Crippen molar-refractivity contribution >= 4 is 23.7 Å². The predicted octanol–water partition coefficient (Wildman–Crippen LogP) is 4.74. The first-order valence-electron chi connectivity index (χ1n) is 17.8. The number of hydrogen-bond acceptors (Lipinski definition) is 7. The van der Waals surface area contributed by atoms with Crippen LogP contribution in [0.1, 0.15) is 62.3 Å². The minimum atomic E-state index is -0.959. The van der Waals surface area contributed by atoms with Crippen LogP contribution in [0.25, 0.3) is 0 Å². The van der Waals surface area contributed by atoms with Crippen molar-refractivity contribution in [2.45, 2.75) is 84.4 Å². The maximum atomic E-state index is 14.1. The van der Waals surface area contributed by atoms with E-state index in [0.717, 1.165) is 73.4 Å². The Kier molecular flexibility index (Phi) is 12.1. The van der Waals surface area contributed by atoms with Crippen LogP contribution in [0.5, 0.6) is 5.75 Å². The molecular formula is C38H56N6O5. The van der Waals surface area contributed by atoms with Crippen LogP contribution >= 0.6 is 0 Å². The van der Waals surface area contributed by atoms with Gasteiger partial charge in [-0.15, -0.1) is 0 Å². The number of likely N-dealkylation sites (tertiary alicyclic amines) is 2. The number of para-hydroxylation sites is 1. The summed E-state index contributed by atoms with van der Waals surface area (Å²) >= 11 is 0. The molecule has 4 heterocycles. The van der Waals surface area contributed by atoms with Crippen LogP contribution < -0.4 is 5.32 Å².